The molecular weight excluding hydrogens is 266 g/mol. The maximum absolute atomic E-state index is 12.6. The summed E-state index contributed by atoms with van der Waals surface area (Å²) < 4.78 is 5.58. The largest absolute Gasteiger partial charge is 0.444 e. The number of amides is 1. The lowest BCUT2D eigenvalue weighted by Crippen LogP contribution is -2.68. The Kier molecular flexibility index (Phi) is 4.36. The molecule has 1 heterocycles. The molecule has 0 aromatic heterocycles. The van der Waals surface area contributed by atoms with Gasteiger partial charge in [0, 0.05) is 12.5 Å². The Balaban J connectivity index is 2.27. The molecule has 0 radical (unpaired) electrons. The van der Waals surface area contributed by atoms with Crippen LogP contribution < -0.4 is 0 Å². The Morgan fingerprint density at radius 1 is 1.29 bits per heavy atom. The maximum atomic E-state index is 12.6. The molecule has 0 spiro atoms. The van der Waals surface area contributed by atoms with Gasteiger partial charge >= 0.3 is 6.09 Å². The molecule has 2 fully saturated rings. The Labute approximate surface area is 128 Å². The highest BCUT2D eigenvalue weighted by Crippen LogP contribution is 2.53. The highest BCUT2D eigenvalue weighted by molar-refractivity contribution is 5.96. The average molecular weight is 295 g/mol. The third-order valence-electron chi connectivity index (χ3n) is 5.16. The van der Waals surface area contributed by atoms with Crippen molar-refractivity contribution in [3.05, 3.63) is 0 Å². The van der Waals surface area contributed by atoms with Crippen molar-refractivity contribution >= 4 is 11.9 Å². The molecule has 1 amide bonds. The quantitative estimate of drug-likeness (QED) is 0.779. The first kappa shape index (κ1) is 16.3. The van der Waals surface area contributed by atoms with E-state index in [1.807, 2.05) is 25.7 Å². The summed E-state index contributed by atoms with van der Waals surface area (Å²) >= 11 is 0. The summed E-state index contributed by atoms with van der Waals surface area (Å²) in [5.74, 6) is 0.396. The first-order valence-corrected chi connectivity index (χ1v) is 8.30. The molecule has 0 unspecified atom stereocenters. The lowest BCUT2D eigenvalue weighted by atomic mass is 9.53. The van der Waals surface area contributed by atoms with Gasteiger partial charge in [-0.05, 0) is 46.5 Å². The number of hydrogen-bond donors (Lipinski definition) is 0. The molecule has 4 nitrogen and oxygen atoms in total. The van der Waals surface area contributed by atoms with Gasteiger partial charge in [-0.1, -0.05) is 20.3 Å². The molecule has 0 bridgehead atoms. The number of hydrogen-bond acceptors (Lipinski definition) is 3. The fourth-order valence-corrected chi connectivity index (χ4v) is 4.08. The van der Waals surface area contributed by atoms with Crippen molar-refractivity contribution < 1.29 is 14.3 Å². The number of Topliss-reactive ketones (excluding diaryl/α,β-unsaturated/α-hetero) is 1. The molecule has 1 saturated carbocycles. The maximum Gasteiger partial charge on any atom is 0.410 e. The van der Waals surface area contributed by atoms with Crippen LogP contribution in [0.1, 0.15) is 66.7 Å². The Hall–Kier alpha value is -1.06. The molecule has 1 aliphatic carbocycles. The van der Waals surface area contributed by atoms with E-state index < -0.39 is 5.60 Å². The van der Waals surface area contributed by atoms with Crippen molar-refractivity contribution in [1.29, 1.82) is 0 Å². The van der Waals surface area contributed by atoms with Crippen molar-refractivity contribution in [2.24, 2.45) is 11.3 Å². The van der Waals surface area contributed by atoms with Gasteiger partial charge < -0.3 is 9.64 Å². The number of ketones is 1. The van der Waals surface area contributed by atoms with Gasteiger partial charge in [0.25, 0.3) is 0 Å². The van der Waals surface area contributed by atoms with Gasteiger partial charge in [-0.25, -0.2) is 4.79 Å². The van der Waals surface area contributed by atoms with Crippen molar-refractivity contribution in [2.45, 2.75) is 78.4 Å². The molecule has 1 aliphatic heterocycles. The Bertz CT molecular complexity index is 420. The fraction of sp³-hybridized carbons (Fsp3) is 0.882. The molecule has 2 atom stereocenters. The monoisotopic (exact) mass is 295 g/mol. The van der Waals surface area contributed by atoms with Crippen LogP contribution in [-0.2, 0) is 9.53 Å². The van der Waals surface area contributed by atoms with Crippen LogP contribution >= 0.6 is 0 Å². The molecule has 21 heavy (non-hydrogen) atoms. The number of nitrogens with zero attached hydrogens (tertiary/aromatic N) is 1. The smallest absolute Gasteiger partial charge is 0.410 e. The standard InChI is InChI=1S/C17H29NO3/c1-6-17(7-2)13-12(14(17)19)10-8-9-11-18(13)15(20)21-16(3,4)5/h12-13H,6-11H2,1-5H3/t12-,13+/m0/s1. The fourth-order valence-electron chi connectivity index (χ4n) is 4.08. The second-order valence-electron chi connectivity index (χ2n) is 7.45. The van der Waals surface area contributed by atoms with E-state index in [0.717, 1.165) is 32.1 Å². The van der Waals surface area contributed by atoms with Crippen LogP contribution in [-0.4, -0.2) is 35.0 Å². The molecule has 2 rings (SSSR count). The molecular formula is C17H29NO3. The molecule has 2 aliphatic rings. The summed E-state index contributed by atoms with van der Waals surface area (Å²) in [5.41, 5.74) is -0.834. The van der Waals surface area contributed by atoms with E-state index in [1.165, 1.54) is 0 Å². The van der Waals surface area contributed by atoms with Gasteiger partial charge in [-0.2, -0.15) is 0 Å². The van der Waals surface area contributed by atoms with Crippen LogP contribution in [0.5, 0.6) is 0 Å². The van der Waals surface area contributed by atoms with E-state index >= 15 is 0 Å². The molecule has 4 heteroatoms. The zero-order valence-electron chi connectivity index (χ0n) is 14.1. The van der Waals surface area contributed by atoms with E-state index in [-0.39, 0.29) is 23.5 Å². The Morgan fingerprint density at radius 3 is 2.43 bits per heavy atom. The van der Waals surface area contributed by atoms with Gasteiger partial charge in [0.2, 0.25) is 0 Å². The Morgan fingerprint density at radius 2 is 1.90 bits per heavy atom. The van der Waals surface area contributed by atoms with Crippen LogP contribution in [0.15, 0.2) is 0 Å². The molecule has 0 aromatic carbocycles. The summed E-state index contributed by atoms with van der Waals surface area (Å²) in [7, 11) is 0. The van der Waals surface area contributed by atoms with Gasteiger partial charge in [0.1, 0.15) is 11.4 Å². The van der Waals surface area contributed by atoms with Crippen LogP contribution in [0, 0.1) is 11.3 Å². The zero-order chi connectivity index (χ0) is 15.8. The minimum atomic E-state index is -0.492. The molecule has 120 valence electrons. The van der Waals surface area contributed by atoms with Crippen molar-refractivity contribution in [3.63, 3.8) is 0 Å². The zero-order valence-corrected chi connectivity index (χ0v) is 14.1. The lowest BCUT2D eigenvalue weighted by Gasteiger charge is -2.56. The molecule has 0 N–H and O–H groups in total. The molecule has 0 aromatic rings. The first-order chi connectivity index (χ1) is 9.77. The summed E-state index contributed by atoms with van der Waals surface area (Å²) in [6.07, 6.45) is 4.27. The number of rotatable bonds is 2. The summed E-state index contributed by atoms with van der Waals surface area (Å²) in [6.45, 7) is 10.5. The SMILES string of the molecule is CCC1(CC)C(=O)[C@H]2CCCCN(C(=O)OC(C)(C)C)[C@H]21. The van der Waals surface area contributed by atoms with Gasteiger partial charge in [-0.3, -0.25) is 4.79 Å². The summed E-state index contributed by atoms with van der Waals surface area (Å²) in [4.78, 5) is 27.0. The highest BCUT2D eigenvalue weighted by atomic mass is 16.6. The predicted octanol–water partition coefficient (Wildman–Crippen LogP) is 3.78. The highest BCUT2D eigenvalue weighted by Gasteiger charge is 2.62. The van der Waals surface area contributed by atoms with E-state index in [9.17, 15) is 9.59 Å². The van der Waals surface area contributed by atoms with Crippen molar-refractivity contribution in [1.82, 2.24) is 4.90 Å². The normalized spacial score (nSPS) is 28.4. The van der Waals surface area contributed by atoms with E-state index in [0.29, 0.717) is 12.3 Å². The van der Waals surface area contributed by atoms with E-state index in [4.69, 9.17) is 4.74 Å². The number of likely N-dealkylation sites (tertiary alicyclic amines) is 1. The van der Waals surface area contributed by atoms with Crippen LogP contribution in [0.3, 0.4) is 0 Å². The third-order valence-corrected chi connectivity index (χ3v) is 5.16. The minimum Gasteiger partial charge on any atom is -0.444 e. The summed E-state index contributed by atoms with van der Waals surface area (Å²) in [5, 5.41) is 0. The molecule has 1 saturated heterocycles. The number of ether oxygens (including phenoxy) is 1. The van der Waals surface area contributed by atoms with Crippen LogP contribution in [0.4, 0.5) is 4.79 Å². The van der Waals surface area contributed by atoms with Crippen LogP contribution in [0.2, 0.25) is 0 Å². The van der Waals surface area contributed by atoms with Gasteiger partial charge in [0.05, 0.1) is 11.5 Å². The number of carbonyl (C=O) groups is 2. The number of fused-ring (bicyclic) bond motifs is 1. The van der Waals surface area contributed by atoms with Crippen LogP contribution in [0.25, 0.3) is 0 Å². The predicted molar refractivity (Wildman–Crippen MR) is 82.1 cm³/mol. The van der Waals surface area contributed by atoms with Gasteiger partial charge in [0.15, 0.2) is 0 Å². The van der Waals surface area contributed by atoms with E-state index in [1.54, 1.807) is 0 Å². The topological polar surface area (TPSA) is 46.6 Å². The first-order valence-electron chi connectivity index (χ1n) is 8.30. The second kappa shape index (κ2) is 5.62. The minimum absolute atomic E-state index is 0.0277. The van der Waals surface area contributed by atoms with Crippen molar-refractivity contribution in [3.8, 4) is 0 Å². The number of carbonyl (C=O) groups excluding carboxylic acids is 2. The lowest BCUT2D eigenvalue weighted by molar-refractivity contribution is -0.160. The summed E-state index contributed by atoms with van der Waals surface area (Å²) in [6, 6.07) is 0.0392. The van der Waals surface area contributed by atoms with E-state index in [2.05, 4.69) is 13.8 Å². The second-order valence-corrected chi connectivity index (χ2v) is 7.45. The average Bonchev–Trinajstić information content (AvgIpc) is 2.59. The van der Waals surface area contributed by atoms with Crippen molar-refractivity contribution in [2.75, 3.05) is 6.54 Å². The third kappa shape index (κ3) is 2.69. The van der Waals surface area contributed by atoms with Gasteiger partial charge in [-0.15, -0.1) is 0 Å².